The second-order valence-corrected chi connectivity index (χ2v) is 14.0. The number of nitrogens with zero attached hydrogens (tertiary/aromatic N) is 1. The molecule has 0 aliphatic rings. The average Bonchev–Trinajstić information content (AvgIpc) is 2.64. The van der Waals surface area contributed by atoms with E-state index in [1.807, 2.05) is 51.1 Å². The summed E-state index contributed by atoms with van der Waals surface area (Å²) < 4.78 is 11.7. The molecule has 0 N–H and O–H groups in total. The van der Waals surface area contributed by atoms with Crippen molar-refractivity contribution in [2.75, 3.05) is 13.2 Å². The van der Waals surface area contributed by atoms with Gasteiger partial charge >= 0.3 is 5.97 Å². The number of para-hydroxylation sites is 1. The summed E-state index contributed by atoms with van der Waals surface area (Å²) in [5, 5.41) is 0.183. The van der Waals surface area contributed by atoms with E-state index in [0.717, 1.165) is 17.7 Å². The average molecular weight is 418 g/mol. The Bertz CT molecular complexity index is 719. The van der Waals surface area contributed by atoms with Crippen molar-refractivity contribution in [3.05, 3.63) is 42.5 Å². The summed E-state index contributed by atoms with van der Waals surface area (Å²) in [6, 6.07) is 9.65. The van der Waals surface area contributed by atoms with E-state index in [9.17, 15) is 4.79 Å². The molecule has 162 valence electrons. The second kappa shape index (κ2) is 10.3. The molecule has 0 spiro atoms. The molecule has 0 heterocycles. The highest BCUT2D eigenvalue weighted by molar-refractivity contribution is 6.74. The smallest absolute Gasteiger partial charge is 0.321 e. The predicted molar refractivity (Wildman–Crippen MR) is 125 cm³/mol. The zero-order valence-corrected chi connectivity index (χ0v) is 20.6. The molecule has 4 nitrogen and oxygen atoms in total. The Morgan fingerprint density at radius 3 is 2.24 bits per heavy atom. The molecule has 0 saturated carbocycles. The number of hydrogen-bond donors (Lipinski definition) is 0. The first kappa shape index (κ1) is 25.3. The van der Waals surface area contributed by atoms with Crippen molar-refractivity contribution in [1.29, 1.82) is 0 Å². The van der Waals surface area contributed by atoms with Gasteiger partial charge in [-0.15, -0.1) is 0 Å². The lowest BCUT2D eigenvalue weighted by atomic mass is 9.76. The molecule has 0 aromatic heterocycles. The van der Waals surface area contributed by atoms with Crippen LogP contribution >= 0.6 is 0 Å². The Balaban J connectivity index is 2.93. The van der Waals surface area contributed by atoms with Gasteiger partial charge in [0.05, 0.1) is 12.3 Å². The van der Waals surface area contributed by atoms with Gasteiger partial charge in [0, 0.05) is 12.3 Å². The number of benzene rings is 1. The van der Waals surface area contributed by atoms with Crippen LogP contribution in [0.2, 0.25) is 18.1 Å². The van der Waals surface area contributed by atoms with Crippen LogP contribution in [-0.2, 0) is 14.0 Å². The summed E-state index contributed by atoms with van der Waals surface area (Å²) >= 11 is 0. The Kier molecular flexibility index (Phi) is 9.03. The predicted octanol–water partition coefficient (Wildman–Crippen LogP) is 6.71. The molecule has 29 heavy (non-hydrogen) atoms. The molecule has 0 aliphatic carbocycles. The van der Waals surface area contributed by atoms with Crippen molar-refractivity contribution in [2.24, 2.45) is 10.4 Å². The SMILES string of the molecule is C=C(CCCO[Si](C)(C)C(C)(C)C)C(C)(C(=O)OCC)C(C)=Nc1ccccc1. The largest absolute Gasteiger partial charge is 0.465 e. The topological polar surface area (TPSA) is 47.9 Å². The normalized spacial score (nSPS) is 15.0. The fourth-order valence-electron chi connectivity index (χ4n) is 2.71. The highest BCUT2D eigenvalue weighted by Gasteiger charge is 2.41. The van der Waals surface area contributed by atoms with Gasteiger partial charge in [-0.05, 0) is 63.9 Å². The van der Waals surface area contributed by atoms with Crippen LogP contribution in [-0.4, -0.2) is 33.2 Å². The third kappa shape index (κ3) is 6.64. The van der Waals surface area contributed by atoms with Crippen LogP contribution in [0.4, 0.5) is 5.69 Å². The maximum atomic E-state index is 12.9. The fourth-order valence-corrected chi connectivity index (χ4v) is 3.80. The monoisotopic (exact) mass is 417 g/mol. The summed E-state index contributed by atoms with van der Waals surface area (Å²) in [5.41, 5.74) is 1.36. The van der Waals surface area contributed by atoms with Crippen LogP contribution in [0.25, 0.3) is 0 Å². The van der Waals surface area contributed by atoms with Gasteiger partial charge in [-0.2, -0.15) is 0 Å². The summed E-state index contributed by atoms with van der Waals surface area (Å²) in [4.78, 5) is 17.6. The van der Waals surface area contributed by atoms with E-state index in [1.54, 1.807) is 0 Å². The van der Waals surface area contributed by atoms with Crippen molar-refractivity contribution in [2.45, 2.75) is 72.5 Å². The van der Waals surface area contributed by atoms with Crippen molar-refractivity contribution >= 4 is 25.7 Å². The molecule has 0 bridgehead atoms. The summed E-state index contributed by atoms with van der Waals surface area (Å²) in [6.07, 6.45) is 1.50. The molecule has 0 amide bonds. The molecule has 0 fully saturated rings. The summed E-state index contributed by atoms with van der Waals surface area (Å²) in [5.74, 6) is -0.299. The molecular weight excluding hydrogens is 378 g/mol. The Hall–Kier alpha value is -1.72. The first-order chi connectivity index (χ1) is 13.4. The molecule has 1 rings (SSSR count). The van der Waals surface area contributed by atoms with Gasteiger partial charge < -0.3 is 9.16 Å². The molecule has 1 aromatic carbocycles. The van der Waals surface area contributed by atoms with E-state index in [2.05, 4.69) is 45.4 Å². The molecule has 1 unspecified atom stereocenters. The van der Waals surface area contributed by atoms with Crippen LogP contribution < -0.4 is 0 Å². The van der Waals surface area contributed by atoms with E-state index in [0.29, 0.717) is 25.3 Å². The number of aliphatic imine (C=N–C) groups is 1. The lowest BCUT2D eigenvalue weighted by molar-refractivity contribution is -0.148. The minimum Gasteiger partial charge on any atom is -0.465 e. The van der Waals surface area contributed by atoms with Gasteiger partial charge in [0.2, 0.25) is 0 Å². The third-order valence-electron chi connectivity index (χ3n) is 6.06. The standard InChI is InChI=1S/C24H39NO3Si/c1-10-27-22(26)24(7,20(3)25-21-16-12-11-13-17-21)19(2)15-14-18-28-29(8,9)23(4,5)6/h11-13,16-17H,2,10,14-15,18H2,1,3-9H3. The molecule has 0 radical (unpaired) electrons. The number of rotatable bonds is 10. The summed E-state index contributed by atoms with van der Waals surface area (Å²) in [7, 11) is -1.78. The van der Waals surface area contributed by atoms with Gasteiger partial charge in [-0.3, -0.25) is 9.79 Å². The van der Waals surface area contributed by atoms with Crippen molar-refractivity contribution in [3.8, 4) is 0 Å². The molecule has 1 aromatic rings. The molecular formula is C24H39NO3Si. The van der Waals surface area contributed by atoms with Crippen molar-refractivity contribution < 1.29 is 14.0 Å². The van der Waals surface area contributed by atoms with E-state index in [1.165, 1.54) is 0 Å². The van der Waals surface area contributed by atoms with Gasteiger partial charge in [-0.1, -0.05) is 51.1 Å². The van der Waals surface area contributed by atoms with E-state index in [-0.39, 0.29) is 11.0 Å². The first-order valence-corrected chi connectivity index (χ1v) is 13.4. The minimum atomic E-state index is -1.78. The zero-order valence-electron chi connectivity index (χ0n) is 19.6. The molecule has 0 saturated heterocycles. The van der Waals surface area contributed by atoms with Crippen LogP contribution in [0.1, 0.15) is 54.4 Å². The van der Waals surface area contributed by atoms with Crippen LogP contribution in [0.3, 0.4) is 0 Å². The van der Waals surface area contributed by atoms with Gasteiger partial charge in [0.15, 0.2) is 8.32 Å². The third-order valence-corrected chi connectivity index (χ3v) is 10.6. The Labute approximate surface area is 178 Å². The Morgan fingerprint density at radius 1 is 1.14 bits per heavy atom. The maximum Gasteiger partial charge on any atom is 0.321 e. The van der Waals surface area contributed by atoms with E-state index in [4.69, 9.17) is 9.16 Å². The van der Waals surface area contributed by atoms with Crippen LogP contribution in [0, 0.1) is 5.41 Å². The number of carbonyl (C=O) groups is 1. The van der Waals surface area contributed by atoms with Gasteiger partial charge in [-0.25, -0.2) is 0 Å². The van der Waals surface area contributed by atoms with Gasteiger partial charge in [0.1, 0.15) is 5.41 Å². The number of hydrogen-bond acceptors (Lipinski definition) is 4. The highest BCUT2D eigenvalue weighted by atomic mass is 28.4. The van der Waals surface area contributed by atoms with Crippen molar-refractivity contribution in [1.82, 2.24) is 0 Å². The van der Waals surface area contributed by atoms with Crippen LogP contribution in [0.5, 0.6) is 0 Å². The molecule has 5 heteroatoms. The van der Waals surface area contributed by atoms with Crippen molar-refractivity contribution in [3.63, 3.8) is 0 Å². The lowest BCUT2D eigenvalue weighted by Gasteiger charge is -2.36. The first-order valence-electron chi connectivity index (χ1n) is 10.5. The minimum absolute atomic E-state index is 0.183. The molecule has 1 atom stereocenters. The highest BCUT2D eigenvalue weighted by Crippen LogP contribution is 2.37. The number of ether oxygens (including phenoxy) is 1. The van der Waals surface area contributed by atoms with Crippen LogP contribution in [0.15, 0.2) is 47.5 Å². The fraction of sp³-hybridized carbons (Fsp3) is 0.583. The molecule has 0 aliphatic heterocycles. The van der Waals surface area contributed by atoms with Gasteiger partial charge in [0.25, 0.3) is 0 Å². The maximum absolute atomic E-state index is 12.9. The lowest BCUT2D eigenvalue weighted by Crippen LogP contribution is -2.41. The number of carbonyl (C=O) groups excluding carboxylic acids is 1. The number of esters is 1. The Morgan fingerprint density at radius 2 is 1.72 bits per heavy atom. The quantitative estimate of drug-likeness (QED) is 0.140. The van der Waals surface area contributed by atoms with E-state index >= 15 is 0 Å². The summed E-state index contributed by atoms with van der Waals surface area (Å²) in [6.45, 7) is 22.0. The zero-order chi connectivity index (χ0) is 22.3. The second-order valence-electron chi connectivity index (χ2n) is 9.19. The van der Waals surface area contributed by atoms with E-state index < -0.39 is 13.7 Å².